The molecule has 3 aromatic rings. The summed E-state index contributed by atoms with van der Waals surface area (Å²) in [4.78, 5) is 86.6. The molecule has 5 amide bonds. The first-order chi connectivity index (χ1) is 24.2. The minimum Gasteiger partial charge on any atom is -0.468 e. The first kappa shape index (κ1) is 40.3. The Balaban J connectivity index is 1.91. The molecule has 5 N–H and O–H groups in total. The minimum atomic E-state index is -1.75. The number of hydrogen-bond acceptors (Lipinski definition) is 9. The van der Waals surface area contributed by atoms with Crippen LogP contribution in [-0.4, -0.2) is 94.4 Å². The summed E-state index contributed by atoms with van der Waals surface area (Å²) in [7, 11) is 2.65. The predicted molar refractivity (Wildman–Crippen MR) is 190 cm³/mol. The number of carbonyl (C=O) groups excluding carboxylic acids is 6. The lowest BCUT2D eigenvalue weighted by molar-refractivity contribution is -0.147. The van der Waals surface area contributed by atoms with E-state index in [0.29, 0.717) is 5.69 Å². The predicted octanol–water partition coefficient (Wildman–Crippen LogP) is 2.05. The third kappa shape index (κ3) is 12.6. The quantitative estimate of drug-likeness (QED) is 0.123. The molecular weight excluding hydrogens is 656 g/mol. The molecule has 0 spiro atoms. The van der Waals surface area contributed by atoms with Crippen LogP contribution in [0.1, 0.15) is 58.2 Å². The normalized spacial score (nSPS) is 13.6. The molecule has 4 atom stereocenters. The van der Waals surface area contributed by atoms with Crippen LogP contribution in [0.15, 0.2) is 55.0 Å². The number of H-pyrrole nitrogens is 1. The molecule has 0 saturated heterocycles. The van der Waals surface area contributed by atoms with E-state index in [-0.39, 0.29) is 50.5 Å². The number of aliphatic hydroxyl groups is 1. The monoisotopic (exact) mass is 706 g/mol. The summed E-state index contributed by atoms with van der Waals surface area (Å²) in [6, 6.07) is 11.0. The number of methoxy groups -OCH3 is 1. The Hall–Kier alpha value is -5.11. The summed E-state index contributed by atoms with van der Waals surface area (Å²) >= 11 is 0. The number of imide groups is 1. The topological polar surface area (TPSA) is 200 Å². The maximum absolute atomic E-state index is 14.1. The Morgan fingerprint density at radius 1 is 0.882 bits per heavy atom. The Morgan fingerprint density at radius 3 is 2.24 bits per heavy atom. The zero-order valence-electron chi connectivity index (χ0n) is 30.1. The van der Waals surface area contributed by atoms with Crippen LogP contribution < -0.4 is 16.0 Å². The van der Waals surface area contributed by atoms with Crippen molar-refractivity contribution >= 4 is 46.3 Å². The molecule has 0 radical (unpaired) electrons. The number of rotatable bonds is 18. The number of carbonyl (C=O) groups is 6. The Kier molecular flexibility index (Phi) is 15.3. The second-order valence-corrected chi connectivity index (χ2v) is 13.6. The van der Waals surface area contributed by atoms with Crippen molar-refractivity contribution in [2.45, 2.75) is 78.0 Å². The van der Waals surface area contributed by atoms with E-state index in [1.54, 1.807) is 6.20 Å². The summed E-state index contributed by atoms with van der Waals surface area (Å²) in [5.41, 5.74) is 1.26. The highest BCUT2D eigenvalue weighted by Gasteiger charge is 2.34. The van der Waals surface area contributed by atoms with E-state index in [2.05, 4.69) is 25.9 Å². The molecule has 0 aliphatic carbocycles. The van der Waals surface area contributed by atoms with Gasteiger partial charge in [0.05, 0.1) is 31.1 Å². The van der Waals surface area contributed by atoms with Gasteiger partial charge in [0.25, 0.3) is 5.91 Å². The van der Waals surface area contributed by atoms with Gasteiger partial charge in [-0.25, -0.2) is 4.98 Å². The average Bonchev–Trinajstić information content (AvgIpc) is 3.59. The van der Waals surface area contributed by atoms with Gasteiger partial charge in [-0.05, 0) is 41.0 Å². The lowest BCUT2D eigenvalue weighted by atomic mass is 9.91. The third-order valence-electron chi connectivity index (χ3n) is 8.32. The first-order valence-corrected chi connectivity index (χ1v) is 17.1. The van der Waals surface area contributed by atoms with E-state index in [1.807, 2.05) is 70.2 Å². The number of esters is 1. The molecule has 2 unspecified atom stereocenters. The zero-order valence-corrected chi connectivity index (χ0v) is 30.1. The maximum atomic E-state index is 14.1. The molecule has 0 aliphatic rings. The van der Waals surface area contributed by atoms with E-state index >= 15 is 0 Å². The molecule has 1 heterocycles. The standard InChI is InChI=1S/C37H50N6O8/c1-22(2)14-29(34(47)37(50)42-31(44)15-23(3)4)40-36(49)30(18-27-19-38-21-39-27)41-35(48)26(17-32(45)43(5)20-33(46)51-6)16-25-12-9-11-24-10-7-8-13-28(24)25/h7-13,19,21-23,26,29-30,34,47H,14-18,20H2,1-6H3,(H,38,39)(H,40,49)(H,41,48)(H,42,44,50)/t26?,29-,30-,34?/m0/s1. The van der Waals surface area contributed by atoms with E-state index in [1.165, 1.54) is 25.4 Å². The van der Waals surface area contributed by atoms with Crippen LogP contribution in [0, 0.1) is 17.8 Å². The van der Waals surface area contributed by atoms with Crippen molar-refractivity contribution in [3.63, 3.8) is 0 Å². The van der Waals surface area contributed by atoms with Gasteiger partial charge in [0.2, 0.25) is 23.6 Å². The van der Waals surface area contributed by atoms with Crippen LogP contribution in [0.2, 0.25) is 0 Å². The summed E-state index contributed by atoms with van der Waals surface area (Å²) in [5, 5.41) is 20.6. The van der Waals surface area contributed by atoms with Gasteiger partial charge >= 0.3 is 5.97 Å². The fourth-order valence-electron chi connectivity index (χ4n) is 5.69. The van der Waals surface area contributed by atoms with Gasteiger partial charge in [-0.15, -0.1) is 0 Å². The fraction of sp³-hybridized carbons (Fsp3) is 0.486. The van der Waals surface area contributed by atoms with E-state index in [0.717, 1.165) is 16.3 Å². The van der Waals surface area contributed by atoms with Gasteiger partial charge in [0, 0.05) is 32.5 Å². The Labute approximate surface area is 298 Å². The number of likely N-dealkylation sites (N-methyl/N-ethyl adjacent to an activating group) is 1. The number of aliphatic hydroxyl groups excluding tert-OH is 1. The van der Waals surface area contributed by atoms with Crippen LogP contribution in [0.5, 0.6) is 0 Å². The summed E-state index contributed by atoms with van der Waals surface area (Å²) < 4.78 is 4.69. The number of amides is 5. The highest BCUT2D eigenvalue weighted by Crippen LogP contribution is 2.23. The van der Waals surface area contributed by atoms with E-state index in [4.69, 9.17) is 4.74 Å². The van der Waals surface area contributed by atoms with Crippen molar-refractivity contribution in [2.75, 3.05) is 20.7 Å². The summed E-state index contributed by atoms with van der Waals surface area (Å²) in [6.45, 7) is 7.03. The number of ether oxygens (including phenoxy) is 1. The molecule has 2 aromatic carbocycles. The SMILES string of the molecule is COC(=O)CN(C)C(=O)CC(Cc1cccc2ccccc12)C(=O)N[C@@H](Cc1c[nH]cn1)C(=O)N[C@@H](CC(C)C)C(O)C(=O)NC(=O)CC(C)C. The van der Waals surface area contributed by atoms with Crippen molar-refractivity contribution in [3.8, 4) is 0 Å². The van der Waals surface area contributed by atoms with Crippen molar-refractivity contribution < 1.29 is 38.6 Å². The van der Waals surface area contributed by atoms with Gasteiger partial charge in [-0.3, -0.25) is 34.1 Å². The number of aromatic nitrogens is 2. The smallest absolute Gasteiger partial charge is 0.325 e. The molecule has 0 saturated carbocycles. The highest BCUT2D eigenvalue weighted by molar-refractivity contribution is 5.98. The summed E-state index contributed by atoms with van der Waals surface area (Å²) in [6.07, 6.45) is 1.32. The molecule has 276 valence electrons. The zero-order chi connectivity index (χ0) is 37.7. The average molecular weight is 707 g/mol. The molecule has 0 fully saturated rings. The van der Waals surface area contributed by atoms with Gasteiger partial charge in [0.15, 0.2) is 6.10 Å². The number of nitrogens with zero attached hydrogens (tertiary/aromatic N) is 2. The van der Waals surface area contributed by atoms with Crippen molar-refractivity contribution in [2.24, 2.45) is 17.8 Å². The number of fused-ring (bicyclic) bond motifs is 1. The third-order valence-corrected chi connectivity index (χ3v) is 8.32. The van der Waals surface area contributed by atoms with E-state index in [9.17, 15) is 33.9 Å². The fourth-order valence-corrected chi connectivity index (χ4v) is 5.69. The van der Waals surface area contributed by atoms with Crippen LogP contribution >= 0.6 is 0 Å². The van der Waals surface area contributed by atoms with E-state index < -0.39 is 59.6 Å². The van der Waals surface area contributed by atoms with Crippen LogP contribution in [0.3, 0.4) is 0 Å². The maximum Gasteiger partial charge on any atom is 0.325 e. The molecular formula is C37H50N6O8. The second kappa shape index (κ2) is 19.3. The minimum absolute atomic E-state index is 0.0134. The Bertz CT molecular complexity index is 1650. The largest absolute Gasteiger partial charge is 0.468 e. The highest BCUT2D eigenvalue weighted by atomic mass is 16.5. The lowest BCUT2D eigenvalue weighted by Crippen LogP contribution is -2.57. The van der Waals surface area contributed by atoms with Crippen LogP contribution in [0.25, 0.3) is 10.8 Å². The van der Waals surface area contributed by atoms with Gasteiger partial charge in [0.1, 0.15) is 12.6 Å². The van der Waals surface area contributed by atoms with Gasteiger partial charge in [-0.2, -0.15) is 0 Å². The summed E-state index contributed by atoms with van der Waals surface area (Å²) in [5.74, 6) is -4.93. The van der Waals surface area contributed by atoms with Crippen molar-refractivity contribution in [3.05, 3.63) is 66.2 Å². The Morgan fingerprint density at radius 2 is 1.59 bits per heavy atom. The first-order valence-electron chi connectivity index (χ1n) is 17.1. The lowest BCUT2D eigenvalue weighted by Gasteiger charge is -2.28. The van der Waals surface area contributed by atoms with Crippen LogP contribution in [-0.2, 0) is 46.3 Å². The van der Waals surface area contributed by atoms with Crippen molar-refractivity contribution in [1.82, 2.24) is 30.8 Å². The number of benzene rings is 2. The molecule has 14 nitrogen and oxygen atoms in total. The molecule has 3 rings (SSSR count). The molecule has 14 heteroatoms. The molecule has 0 bridgehead atoms. The second-order valence-electron chi connectivity index (χ2n) is 13.6. The molecule has 1 aromatic heterocycles. The van der Waals surface area contributed by atoms with Crippen molar-refractivity contribution in [1.29, 1.82) is 0 Å². The van der Waals surface area contributed by atoms with Gasteiger partial charge < -0.3 is 30.4 Å². The number of nitrogens with one attached hydrogen (secondary N) is 4. The number of aromatic amines is 1. The molecule has 0 aliphatic heterocycles. The molecule has 51 heavy (non-hydrogen) atoms. The number of imidazole rings is 1. The van der Waals surface area contributed by atoms with Crippen LogP contribution in [0.4, 0.5) is 0 Å². The number of hydrogen-bond donors (Lipinski definition) is 5. The van der Waals surface area contributed by atoms with Gasteiger partial charge in [-0.1, -0.05) is 70.2 Å².